The second-order valence-corrected chi connectivity index (χ2v) is 6.34. The molecule has 1 aromatic rings. The van der Waals surface area contributed by atoms with Gasteiger partial charge in [0.05, 0.1) is 24.8 Å². The topological polar surface area (TPSA) is 47.4 Å². The van der Waals surface area contributed by atoms with Crippen molar-refractivity contribution in [2.24, 2.45) is 0 Å². The Bertz CT molecular complexity index is 480. The molecule has 116 valence electrons. The van der Waals surface area contributed by atoms with E-state index in [2.05, 4.69) is 14.7 Å². The Kier molecular flexibility index (Phi) is 4.70. The number of hydrogen-bond acceptors (Lipinski definition) is 4. The van der Waals surface area contributed by atoms with Gasteiger partial charge >= 0.3 is 0 Å². The first-order chi connectivity index (χ1) is 10.2. The lowest BCUT2D eigenvalue weighted by Gasteiger charge is -2.28. The number of rotatable bonds is 4. The van der Waals surface area contributed by atoms with Crippen LogP contribution in [0.4, 0.5) is 0 Å². The molecule has 2 heterocycles. The van der Waals surface area contributed by atoms with E-state index in [1.54, 1.807) is 0 Å². The van der Waals surface area contributed by atoms with Crippen LogP contribution in [-0.2, 0) is 16.0 Å². The van der Waals surface area contributed by atoms with Gasteiger partial charge in [-0.2, -0.15) is 5.10 Å². The van der Waals surface area contributed by atoms with Gasteiger partial charge < -0.3 is 9.64 Å². The lowest BCUT2D eigenvalue weighted by molar-refractivity contribution is -0.134. The summed E-state index contributed by atoms with van der Waals surface area (Å²) in [6, 6.07) is 2.51. The molecule has 0 radical (unpaired) electrons. The van der Waals surface area contributed by atoms with Crippen molar-refractivity contribution in [3.8, 4) is 0 Å². The summed E-state index contributed by atoms with van der Waals surface area (Å²) in [4.78, 5) is 14.4. The molecule has 0 spiro atoms. The predicted molar refractivity (Wildman–Crippen MR) is 80.3 cm³/mol. The third-order valence-electron chi connectivity index (χ3n) is 4.60. The van der Waals surface area contributed by atoms with Crippen LogP contribution in [0.2, 0.25) is 0 Å². The zero-order chi connectivity index (χ0) is 14.7. The van der Waals surface area contributed by atoms with Crippen molar-refractivity contribution in [3.63, 3.8) is 0 Å². The van der Waals surface area contributed by atoms with E-state index >= 15 is 0 Å². The molecule has 1 aromatic heterocycles. The lowest BCUT2D eigenvalue weighted by atomic mass is 9.96. The summed E-state index contributed by atoms with van der Waals surface area (Å²) in [5, 5.41) is 4.61. The Balaban J connectivity index is 1.57. The number of Topliss-reactive ketones (excluding diaryl/α,β-unsaturated/α-hetero) is 1. The fraction of sp³-hybridized carbons (Fsp3) is 0.750. The molecule has 1 aliphatic carbocycles. The average Bonchev–Trinajstić information content (AvgIpc) is 2.97. The molecule has 1 aliphatic heterocycles. The van der Waals surface area contributed by atoms with Gasteiger partial charge in [0.2, 0.25) is 0 Å². The van der Waals surface area contributed by atoms with Crippen molar-refractivity contribution in [2.45, 2.75) is 50.7 Å². The van der Waals surface area contributed by atoms with E-state index in [1.807, 2.05) is 19.3 Å². The van der Waals surface area contributed by atoms with E-state index in [9.17, 15) is 4.79 Å². The summed E-state index contributed by atoms with van der Waals surface area (Å²) in [5.74, 6) is 0.149. The SMILES string of the molecule is CN1CCOC(C(=O)Cc2ccn(C3CCCCC3)n2)C1. The average molecular weight is 291 g/mol. The molecule has 2 aliphatic rings. The van der Waals surface area contributed by atoms with Crippen molar-refractivity contribution < 1.29 is 9.53 Å². The lowest BCUT2D eigenvalue weighted by Crippen LogP contribution is -2.44. The van der Waals surface area contributed by atoms with Crippen LogP contribution in [-0.4, -0.2) is 53.3 Å². The maximum atomic E-state index is 12.3. The van der Waals surface area contributed by atoms with Gasteiger partial charge in [-0.1, -0.05) is 19.3 Å². The van der Waals surface area contributed by atoms with Gasteiger partial charge in [-0.25, -0.2) is 0 Å². The Morgan fingerprint density at radius 1 is 1.38 bits per heavy atom. The molecular weight excluding hydrogens is 266 g/mol. The molecule has 0 bridgehead atoms. The Morgan fingerprint density at radius 2 is 2.19 bits per heavy atom. The fourth-order valence-corrected chi connectivity index (χ4v) is 3.29. The molecular formula is C16H25N3O2. The van der Waals surface area contributed by atoms with Crippen molar-refractivity contribution >= 4 is 5.78 Å². The van der Waals surface area contributed by atoms with Gasteiger partial charge in [0, 0.05) is 19.3 Å². The van der Waals surface area contributed by atoms with Gasteiger partial charge in [-0.05, 0) is 26.0 Å². The Hall–Kier alpha value is -1.20. The third-order valence-corrected chi connectivity index (χ3v) is 4.60. The maximum absolute atomic E-state index is 12.3. The van der Waals surface area contributed by atoms with E-state index in [0.717, 1.165) is 12.2 Å². The summed E-state index contributed by atoms with van der Waals surface area (Å²) >= 11 is 0. The molecule has 0 amide bonds. The van der Waals surface area contributed by atoms with Gasteiger partial charge in [0.25, 0.3) is 0 Å². The van der Waals surface area contributed by atoms with E-state index < -0.39 is 0 Å². The number of ether oxygens (including phenoxy) is 1. The van der Waals surface area contributed by atoms with Crippen LogP contribution in [0, 0.1) is 0 Å². The third kappa shape index (κ3) is 3.71. The number of carbonyl (C=O) groups is 1. The van der Waals surface area contributed by atoms with Crippen LogP contribution in [0.25, 0.3) is 0 Å². The highest BCUT2D eigenvalue weighted by molar-refractivity contribution is 5.85. The number of hydrogen-bond donors (Lipinski definition) is 0. The van der Waals surface area contributed by atoms with Crippen LogP contribution >= 0.6 is 0 Å². The van der Waals surface area contributed by atoms with Gasteiger partial charge in [0.1, 0.15) is 6.10 Å². The van der Waals surface area contributed by atoms with Gasteiger partial charge in [-0.15, -0.1) is 0 Å². The predicted octanol–water partition coefficient (Wildman–Crippen LogP) is 1.83. The first-order valence-electron chi connectivity index (χ1n) is 8.09. The summed E-state index contributed by atoms with van der Waals surface area (Å²) in [6.45, 7) is 2.24. The number of likely N-dealkylation sites (N-methyl/N-ethyl adjacent to an activating group) is 1. The summed E-state index contributed by atoms with van der Waals surface area (Å²) < 4.78 is 7.64. The van der Waals surface area contributed by atoms with E-state index in [-0.39, 0.29) is 11.9 Å². The Labute approximate surface area is 126 Å². The number of nitrogens with zero attached hydrogens (tertiary/aromatic N) is 3. The number of aromatic nitrogens is 2. The minimum Gasteiger partial charge on any atom is -0.368 e. The van der Waals surface area contributed by atoms with Crippen molar-refractivity contribution in [1.82, 2.24) is 14.7 Å². The molecule has 1 atom stereocenters. The van der Waals surface area contributed by atoms with Crippen LogP contribution in [0.5, 0.6) is 0 Å². The molecule has 0 aromatic carbocycles. The van der Waals surface area contributed by atoms with Crippen LogP contribution < -0.4 is 0 Å². The van der Waals surface area contributed by atoms with Crippen molar-refractivity contribution in [1.29, 1.82) is 0 Å². The molecule has 21 heavy (non-hydrogen) atoms. The quantitative estimate of drug-likeness (QED) is 0.849. The fourth-order valence-electron chi connectivity index (χ4n) is 3.29. The molecule has 0 N–H and O–H groups in total. The minimum absolute atomic E-state index is 0.149. The molecule has 2 fully saturated rings. The second kappa shape index (κ2) is 6.71. The number of carbonyl (C=O) groups excluding carboxylic acids is 1. The highest BCUT2D eigenvalue weighted by Crippen LogP contribution is 2.27. The minimum atomic E-state index is -0.288. The largest absolute Gasteiger partial charge is 0.368 e. The Morgan fingerprint density at radius 3 is 2.95 bits per heavy atom. The zero-order valence-corrected chi connectivity index (χ0v) is 12.8. The van der Waals surface area contributed by atoms with Gasteiger partial charge in [-0.3, -0.25) is 9.48 Å². The number of morpholine rings is 1. The van der Waals surface area contributed by atoms with E-state index in [4.69, 9.17) is 4.74 Å². The molecule has 1 unspecified atom stereocenters. The van der Waals surface area contributed by atoms with Crippen molar-refractivity contribution in [2.75, 3.05) is 26.7 Å². The monoisotopic (exact) mass is 291 g/mol. The normalized spacial score (nSPS) is 25.1. The molecule has 5 nitrogen and oxygen atoms in total. The van der Waals surface area contributed by atoms with Crippen molar-refractivity contribution in [3.05, 3.63) is 18.0 Å². The van der Waals surface area contributed by atoms with Gasteiger partial charge in [0.15, 0.2) is 5.78 Å². The molecule has 3 rings (SSSR count). The second-order valence-electron chi connectivity index (χ2n) is 6.34. The highest BCUT2D eigenvalue weighted by atomic mass is 16.5. The van der Waals surface area contributed by atoms with Crippen LogP contribution in [0.1, 0.15) is 43.8 Å². The first-order valence-corrected chi connectivity index (χ1v) is 8.09. The summed E-state index contributed by atoms with van der Waals surface area (Å²) in [5.41, 5.74) is 0.877. The van der Waals surface area contributed by atoms with E-state index in [0.29, 0.717) is 25.6 Å². The highest BCUT2D eigenvalue weighted by Gasteiger charge is 2.25. The molecule has 1 saturated carbocycles. The first kappa shape index (κ1) is 14.7. The summed E-state index contributed by atoms with van der Waals surface area (Å²) in [7, 11) is 2.03. The smallest absolute Gasteiger partial charge is 0.168 e. The zero-order valence-electron chi connectivity index (χ0n) is 12.8. The standard InChI is InChI=1S/C16H25N3O2/c1-18-9-10-21-16(12-18)15(20)11-13-7-8-19(17-13)14-5-3-2-4-6-14/h7-8,14,16H,2-6,9-12H2,1H3. The van der Waals surface area contributed by atoms with E-state index in [1.165, 1.54) is 32.1 Å². The number of ketones is 1. The van der Waals surface area contributed by atoms with Crippen LogP contribution in [0.15, 0.2) is 12.3 Å². The molecule has 1 saturated heterocycles. The molecule has 5 heteroatoms. The van der Waals surface area contributed by atoms with Crippen LogP contribution in [0.3, 0.4) is 0 Å². The summed E-state index contributed by atoms with van der Waals surface area (Å²) in [6.07, 6.45) is 8.49. The maximum Gasteiger partial charge on any atom is 0.168 e.